The molecule has 3 rings (SSSR count). The van der Waals surface area contributed by atoms with Crippen LogP contribution in [-0.4, -0.2) is 13.0 Å². The third-order valence-electron chi connectivity index (χ3n) is 4.24. The fourth-order valence-electron chi connectivity index (χ4n) is 2.64. The molecule has 148 valence electrons. The van der Waals surface area contributed by atoms with Crippen molar-refractivity contribution in [1.29, 1.82) is 0 Å². The highest BCUT2D eigenvalue weighted by Crippen LogP contribution is 2.29. The molecule has 0 bridgehead atoms. The van der Waals surface area contributed by atoms with E-state index in [9.17, 15) is 4.79 Å². The second-order valence-electron chi connectivity index (χ2n) is 6.51. The Morgan fingerprint density at radius 2 is 1.72 bits per heavy atom. The van der Waals surface area contributed by atoms with Gasteiger partial charge in [-0.05, 0) is 60.5 Å². The first kappa shape index (κ1) is 20.5. The molecule has 4 nitrogen and oxygen atoms in total. The Balaban J connectivity index is 1.62. The van der Waals surface area contributed by atoms with E-state index in [1.54, 1.807) is 13.2 Å². The summed E-state index contributed by atoms with van der Waals surface area (Å²) in [7, 11) is 1.59. The van der Waals surface area contributed by atoms with Gasteiger partial charge in [0.2, 0.25) is 5.91 Å². The van der Waals surface area contributed by atoms with Crippen LogP contribution in [0.3, 0.4) is 0 Å². The number of benzene rings is 3. The van der Waals surface area contributed by atoms with Gasteiger partial charge in [-0.25, -0.2) is 0 Å². The SMILES string of the molecule is COc1cc(C=CC(=O)Nc2ccc(C)cc2)ccc1OCc1ccc(Cl)cc1. The minimum absolute atomic E-state index is 0.198. The summed E-state index contributed by atoms with van der Waals surface area (Å²) >= 11 is 5.90. The topological polar surface area (TPSA) is 47.6 Å². The molecule has 0 aliphatic heterocycles. The molecule has 5 heteroatoms. The van der Waals surface area contributed by atoms with Gasteiger partial charge in [0, 0.05) is 16.8 Å². The fraction of sp³-hybridized carbons (Fsp3) is 0.125. The van der Waals surface area contributed by atoms with E-state index in [0.29, 0.717) is 23.1 Å². The Labute approximate surface area is 175 Å². The first-order valence-corrected chi connectivity index (χ1v) is 9.52. The second kappa shape index (κ2) is 9.80. The predicted octanol–water partition coefficient (Wildman–Crippen LogP) is 5.89. The quantitative estimate of drug-likeness (QED) is 0.497. The molecular weight excluding hydrogens is 386 g/mol. The van der Waals surface area contributed by atoms with E-state index in [0.717, 1.165) is 22.4 Å². The molecule has 0 aliphatic rings. The molecule has 29 heavy (non-hydrogen) atoms. The van der Waals surface area contributed by atoms with Crippen molar-refractivity contribution in [2.24, 2.45) is 0 Å². The highest BCUT2D eigenvalue weighted by atomic mass is 35.5. The normalized spacial score (nSPS) is 10.7. The first-order chi connectivity index (χ1) is 14.0. The number of rotatable bonds is 7. The van der Waals surface area contributed by atoms with E-state index < -0.39 is 0 Å². The molecule has 1 N–H and O–H groups in total. The van der Waals surface area contributed by atoms with Gasteiger partial charge in [0.25, 0.3) is 0 Å². The Kier molecular flexibility index (Phi) is 6.93. The second-order valence-corrected chi connectivity index (χ2v) is 6.95. The maximum Gasteiger partial charge on any atom is 0.248 e. The lowest BCUT2D eigenvalue weighted by molar-refractivity contribution is -0.111. The van der Waals surface area contributed by atoms with Crippen LogP contribution in [0.1, 0.15) is 16.7 Å². The van der Waals surface area contributed by atoms with Gasteiger partial charge in [0.15, 0.2) is 11.5 Å². The average Bonchev–Trinajstić information content (AvgIpc) is 2.74. The molecule has 3 aromatic carbocycles. The van der Waals surface area contributed by atoms with Crippen LogP contribution >= 0.6 is 11.6 Å². The number of hydrogen-bond donors (Lipinski definition) is 1. The highest BCUT2D eigenvalue weighted by Gasteiger charge is 2.06. The summed E-state index contributed by atoms with van der Waals surface area (Å²) in [6.45, 7) is 2.41. The number of methoxy groups -OCH3 is 1. The van der Waals surface area contributed by atoms with Gasteiger partial charge in [-0.1, -0.05) is 47.5 Å². The summed E-state index contributed by atoms with van der Waals surface area (Å²) in [6, 6.07) is 20.7. The number of ether oxygens (including phenoxy) is 2. The number of amides is 1. The van der Waals surface area contributed by atoms with Crippen molar-refractivity contribution in [1.82, 2.24) is 0 Å². The summed E-state index contributed by atoms with van der Waals surface area (Å²) in [5.74, 6) is 1.03. The van der Waals surface area contributed by atoms with E-state index in [-0.39, 0.29) is 5.91 Å². The van der Waals surface area contributed by atoms with Crippen molar-refractivity contribution >= 4 is 29.3 Å². The van der Waals surface area contributed by atoms with Gasteiger partial charge >= 0.3 is 0 Å². The summed E-state index contributed by atoms with van der Waals surface area (Å²) < 4.78 is 11.3. The molecule has 0 heterocycles. The van der Waals surface area contributed by atoms with Crippen LogP contribution in [0.5, 0.6) is 11.5 Å². The third-order valence-corrected chi connectivity index (χ3v) is 4.49. The lowest BCUT2D eigenvalue weighted by Gasteiger charge is -2.11. The number of anilines is 1. The number of nitrogens with one attached hydrogen (secondary N) is 1. The minimum Gasteiger partial charge on any atom is -0.493 e. The molecule has 0 saturated carbocycles. The minimum atomic E-state index is -0.198. The van der Waals surface area contributed by atoms with Crippen LogP contribution in [-0.2, 0) is 11.4 Å². The molecule has 0 unspecified atom stereocenters. The smallest absolute Gasteiger partial charge is 0.248 e. The zero-order valence-electron chi connectivity index (χ0n) is 16.3. The van der Waals surface area contributed by atoms with Crippen molar-refractivity contribution in [3.63, 3.8) is 0 Å². The van der Waals surface area contributed by atoms with Crippen molar-refractivity contribution < 1.29 is 14.3 Å². The number of halogens is 1. The lowest BCUT2D eigenvalue weighted by atomic mass is 10.2. The molecule has 0 spiro atoms. The summed E-state index contributed by atoms with van der Waals surface area (Å²) in [4.78, 5) is 12.1. The molecule has 0 saturated heterocycles. The maximum absolute atomic E-state index is 12.1. The van der Waals surface area contributed by atoms with Gasteiger partial charge in [0.05, 0.1) is 7.11 Å². The van der Waals surface area contributed by atoms with E-state index in [1.165, 1.54) is 6.08 Å². The molecule has 3 aromatic rings. The zero-order valence-corrected chi connectivity index (χ0v) is 17.1. The van der Waals surface area contributed by atoms with Crippen LogP contribution in [0.2, 0.25) is 5.02 Å². The maximum atomic E-state index is 12.1. The van der Waals surface area contributed by atoms with Crippen LogP contribution < -0.4 is 14.8 Å². The van der Waals surface area contributed by atoms with Gasteiger partial charge in [-0.15, -0.1) is 0 Å². The number of hydrogen-bond acceptors (Lipinski definition) is 3. The highest BCUT2D eigenvalue weighted by molar-refractivity contribution is 6.30. The summed E-state index contributed by atoms with van der Waals surface area (Å²) in [5, 5.41) is 3.52. The monoisotopic (exact) mass is 407 g/mol. The Morgan fingerprint density at radius 3 is 2.41 bits per heavy atom. The Hall–Kier alpha value is -3.24. The molecule has 0 aromatic heterocycles. The number of carbonyl (C=O) groups excluding carboxylic acids is 1. The molecule has 1 amide bonds. The van der Waals surface area contributed by atoms with Crippen molar-refractivity contribution in [2.45, 2.75) is 13.5 Å². The standard InChI is InChI=1S/C24H22ClNO3/c1-17-3-11-21(12-4-17)26-24(27)14-8-18-7-13-22(23(15-18)28-2)29-16-19-5-9-20(25)10-6-19/h3-15H,16H2,1-2H3,(H,26,27). The first-order valence-electron chi connectivity index (χ1n) is 9.14. The molecular formula is C24H22ClNO3. The van der Waals surface area contributed by atoms with Gasteiger partial charge < -0.3 is 14.8 Å². The fourth-order valence-corrected chi connectivity index (χ4v) is 2.77. The lowest BCUT2D eigenvalue weighted by Crippen LogP contribution is -2.07. The van der Waals surface area contributed by atoms with E-state index >= 15 is 0 Å². The van der Waals surface area contributed by atoms with Crippen LogP contribution in [0.25, 0.3) is 6.08 Å². The van der Waals surface area contributed by atoms with Crippen molar-refractivity contribution in [3.8, 4) is 11.5 Å². The van der Waals surface area contributed by atoms with E-state index in [2.05, 4.69) is 5.32 Å². The molecule has 0 aliphatic carbocycles. The predicted molar refractivity (Wildman–Crippen MR) is 118 cm³/mol. The summed E-state index contributed by atoms with van der Waals surface area (Å²) in [6.07, 6.45) is 3.22. The van der Waals surface area contributed by atoms with Gasteiger partial charge in [0.1, 0.15) is 6.61 Å². The van der Waals surface area contributed by atoms with E-state index in [1.807, 2.05) is 73.7 Å². The average molecular weight is 408 g/mol. The van der Waals surface area contributed by atoms with Crippen LogP contribution in [0.15, 0.2) is 72.8 Å². The third kappa shape index (κ3) is 6.13. The van der Waals surface area contributed by atoms with Crippen LogP contribution in [0.4, 0.5) is 5.69 Å². The Morgan fingerprint density at radius 1 is 1.00 bits per heavy atom. The Bertz CT molecular complexity index is 996. The van der Waals surface area contributed by atoms with Crippen LogP contribution in [0, 0.1) is 6.92 Å². The molecule has 0 radical (unpaired) electrons. The van der Waals surface area contributed by atoms with Crippen molar-refractivity contribution in [2.75, 3.05) is 12.4 Å². The molecule has 0 atom stereocenters. The van der Waals surface area contributed by atoms with E-state index in [4.69, 9.17) is 21.1 Å². The summed E-state index contributed by atoms with van der Waals surface area (Å²) in [5.41, 5.74) is 3.74. The van der Waals surface area contributed by atoms with Gasteiger partial charge in [-0.2, -0.15) is 0 Å². The number of aryl methyl sites for hydroxylation is 1. The zero-order chi connectivity index (χ0) is 20.6. The van der Waals surface area contributed by atoms with Gasteiger partial charge in [-0.3, -0.25) is 4.79 Å². The molecule has 0 fully saturated rings. The largest absolute Gasteiger partial charge is 0.493 e. The number of carbonyl (C=O) groups is 1. The van der Waals surface area contributed by atoms with Crippen molar-refractivity contribution in [3.05, 3.63) is 94.5 Å².